The van der Waals surface area contributed by atoms with E-state index >= 15 is 0 Å². The Morgan fingerprint density at radius 2 is 1.59 bits per heavy atom. The maximum Gasteiger partial charge on any atom is 0.264 e. The lowest BCUT2D eigenvalue weighted by atomic mass is 10.1. The molecule has 0 atom stereocenters. The SMILES string of the molecule is O=C(NS(=O)(=O)Cc1ccccc1)c1ccc(N2CCN(Cc3ccccc3C#Cc3cncc(O)c3)CC2)cc1. The zero-order valence-corrected chi connectivity index (χ0v) is 23.2. The summed E-state index contributed by atoms with van der Waals surface area (Å²) < 4.78 is 27.0. The van der Waals surface area contributed by atoms with Crippen LogP contribution in [0.3, 0.4) is 0 Å². The summed E-state index contributed by atoms with van der Waals surface area (Å²) in [6, 6.07) is 25.4. The van der Waals surface area contributed by atoms with Gasteiger partial charge in [-0.2, -0.15) is 0 Å². The zero-order valence-electron chi connectivity index (χ0n) is 22.4. The van der Waals surface area contributed by atoms with Crippen LogP contribution >= 0.6 is 0 Å². The van der Waals surface area contributed by atoms with Crippen LogP contribution in [0.4, 0.5) is 5.69 Å². The number of benzene rings is 3. The van der Waals surface area contributed by atoms with Crippen LogP contribution in [-0.2, 0) is 22.3 Å². The Hall–Kier alpha value is -4.65. The van der Waals surface area contributed by atoms with E-state index in [1.165, 1.54) is 6.20 Å². The predicted molar refractivity (Wildman–Crippen MR) is 159 cm³/mol. The van der Waals surface area contributed by atoms with Gasteiger partial charge in [0.2, 0.25) is 10.0 Å². The fraction of sp³-hybridized carbons (Fsp3) is 0.188. The minimum Gasteiger partial charge on any atom is -0.506 e. The van der Waals surface area contributed by atoms with E-state index in [0.717, 1.165) is 49.5 Å². The van der Waals surface area contributed by atoms with E-state index in [0.29, 0.717) is 16.7 Å². The Kier molecular flexibility index (Phi) is 8.63. The molecule has 5 rings (SSSR count). The molecule has 9 heteroatoms. The third-order valence-corrected chi connectivity index (χ3v) is 8.00. The van der Waals surface area contributed by atoms with E-state index in [1.807, 2.05) is 36.4 Å². The number of rotatable bonds is 7. The average molecular weight is 567 g/mol. The number of aromatic nitrogens is 1. The number of hydrogen-bond donors (Lipinski definition) is 2. The molecule has 41 heavy (non-hydrogen) atoms. The molecule has 0 spiro atoms. The van der Waals surface area contributed by atoms with E-state index in [1.54, 1.807) is 48.7 Å². The number of carbonyl (C=O) groups excluding carboxylic acids is 1. The molecule has 4 aromatic rings. The van der Waals surface area contributed by atoms with Gasteiger partial charge in [-0.05, 0) is 47.5 Å². The fourth-order valence-corrected chi connectivity index (χ4v) is 5.78. The van der Waals surface area contributed by atoms with Crippen molar-refractivity contribution in [1.82, 2.24) is 14.6 Å². The molecule has 0 aliphatic carbocycles. The lowest BCUT2D eigenvalue weighted by Gasteiger charge is -2.36. The van der Waals surface area contributed by atoms with Crippen molar-refractivity contribution in [1.29, 1.82) is 0 Å². The Morgan fingerprint density at radius 1 is 0.878 bits per heavy atom. The first-order valence-corrected chi connectivity index (χ1v) is 14.9. The molecule has 208 valence electrons. The van der Waals surface area contributed by atoms with Crippen molar-refractivity contribution < 1.29 is 18.3 Å². The number of anilines is 1. The van der Waals surface area contributed by atoms with Gasteiger partial charge in [0, 0.05) is 61.3 Å². The highest BCUT2D eigenvalue weighted by Crippen LogP contribution is 2.20. The molecule has 0 unspecified atom stereocenters. The second-order valence-corrected chi connectivity index (χ2v) is 11.5. The maximum atomic E-state index is 12.6. The van der Waals surface area contributed by atoms with Crippen LogP contribution in [0.2, 0.25) is 0 Å². The number of aromatic hydroxyl groups is 1. The third-order valence-electron chi connectivity index (χ3n) is 6.79. The van der Waals surface area contributed by atoms with Crippen molar-refractivity contribution in [2.24, 2.45) is 0 Å². The van der Waals surface area contributed by atoms with Gasteiger partial charge in [-0.25, -0.2) is 13.1 Å². The van der Waals surface area contributed by atoms with Crippen LogP contribution in [0, 0.1) is 11.8 Å². The minimum absolute atomic E-state index is 0.0904. The first-order chi connectivity index (χ1) is 19.8. The molecular weight excluding hydrogens is 536 g/mol. The van der Waals surface area contributed by atoms with Gasteiger partial charge in [-0.3, -0.25) is 14.7 Å². The van der Waals surface area contributed by atoms with Crippen LogP contribution < -0.4 is 9.62 Å². The van der Waals surface area contributed by atoms with Crippen LogP contribution in [0.25, 0.3) is 0 Å². The standard InChI is InChI=1S/C32H30N4O4S/c37-31-20-26(21-33-22-31)10-11-27-8-4-5-9-29(27)23-35-16-18-36(19-17-35)30-14-12-28(13-15-30)32(38)34-41(39,40)24-25-6-2-1-3-7-25/h1-9,12-15,20-22,37H,16-19,23-24H2,(H,34,38). The topological polar surface area (TPSA) is 103 Å². The van der Waals surface area contributed by atoms with Gasteiger partial charge in [-0.1, -0.05) is 60.4 Å². The van der Waals surface area contributed by atoms with Crippen molar-refractivity contribution in [3.8, 4) is 17.6 Å². The van der Waals surface area contributed by atoms with E-state index in [-0.39, 0.29) is 11.5 Å². The van der Waals surface area contributed by atoms with E-state index in [4.69, 9.17) is 0 Å². The molecule has 1 aromatic heterocycles. The van der Waals surface area contributed by atoms with Gasteiger partial charge in [-0.15, -0.1) is 0 Å². The molecule has 0 radical (unpaired) electrons. The Labute approximate surface area is 240 Å². The molecule has 0 bridgehead atoms. The Bertz CT molecular complexity index is 1670. The van der Waals surface area contributed by atoms with Crippen molar-refractivity contribution in [3.05, 3.63) is 125 Å². The summed E-state index contributed by atoms with van der Waals surface area (Å²) in [6.07, 6.45) is 3.01. The van der Waals surface area contributed by atoms with Crippen molar-refractivity contribution in [3.63, 3.8) is 0 Å². The van der Waals surface area contributed by atoms with Gasteiger partial charge in [0.25, 0.3) is 5.91 Å². The first kappa shape index (κ1) is 27.9. The van der Waals surface area contributed by atoms with Crippen LogP contribution in [0.1, 0.15) is 32.6 Å². The summed E-state index contributed by atoms with van der Waals surface area (Å²) in [5.74, 6) is 5.49. The van der Waals surface area contributed by atoms with Crippen molar-refractivity contribution in [2.75, 3.05) is 31.1 Å². The fourth-order valence-electron chi connectivity index (χ4n) is 4.67. The largest absolute Gasteiger partial charge is 0.506 e. The molecule has 2 heterocycles. The summed E-state index contributed by atoms with van der Waals surface area (Å²) in [5.41, 5.74) is 4.63. The minimum atomic E-state index is -3.80. The summed E-state index contributed by atoms with van der Waals surface area (Å²) in [4.78, 5) is 21.2. The number of nitrogens with zero attached hydrogens (tertiary/aromatic N) is 3. The molecule has 0 saturated carbocycles. The number of sulfonamides is 1. The highest BCUT2D eigenvalue weighted by Gasteiger charge is 2.20. The molecule has 8 nitrogen and oxygen atoms in total. The van der Waals surface area contributed by atoms with Crippen LogP contribution in [0.5, 0.6) is 5.75 Å². The van der Waals surface area contributed by atoms with Gasteiger partial charge in [0.1, 0.15) is 5.75 Å². The summed E-state index contributed by atoms with van der Waals surface area (Å²) in [6.45, 7) is 4.13. The highest BCUT2D eigenvalue weighted by atomic mass is 32.2. The quantitative estimate of drug-likeness (QED) is 0.329. The third kappa shape index (κ3) is 7.72. The molecule has 1 aliphatic heterocycles. The van der Waals surface area contributed by atoms with Crippen molar-refractivity contribution >= 4 is 21.6 Å². The monoisotopic (exact) mass is 566 g/mol. The number of hydrogen-bond acceptors (Lipinski definition) is 7. The second-order valence-electron chi connectivity index (χ2n) is 9.82. The normalized spacial score (nSPS) is 13.7. The Morgan fingerprint density at radius 3 is 2.32 bits per heavy atom. The summed E-state index contributed by atoms with van der Waals surface area (Å²) >= 11 is 0. The van der Waals surface area contributed by atoms with Gasteiger partial charge in [0.15, 0.2) is 0 Å². The second kappa shape index (κ2) is 12.7. The molecule has 3 aromatic carbocycles. The zero-order chi connectivity index (χ0) is 28.7. The van der Waals surface area contributed by atoms with Crippen LogP contribution in [0.15, 0.2) is 97.3 Å². The molecule has 1 aliphatic rings. The number of amides is 1. The van der Waals surface area contributed by atoms with Gasteiger partial charge >= 0.3 is 0 Å². The predicted octanol–water partition coefficient (Wildman–Crippen LogP) is 3.77. The number of piperazine rings is 1. The lowest BCUT2D eigenvalue weighted by Crippen LogP contribution is -2.46. The molecule has 1 saturated heterocycles. The van der Waals surface area contributed by atoms with Gasteiger partial charge in [0.05, 0.1) is 11.9 Å². The lowest BCUT2D eigenvalue weighted by molar-refractivity contribution is 0.0981. The molecular formula is C32H30N4O4S. The summed E-state index contributed by atoms with van der Waals surface area (Å²) in [7, 11) is -3.80. The van der Waals surface area contributed by atoms with Gasteiger partial charge < -0.3 is 10.0 Å². The average Bonchev–Trinajstić information content (AvgIpc) is 2.97. The Balaban J connectivity index is 1.15. The highest BCUT2D eigenvalue weighted by molar-refractivity contribution is 7.89. The molecule has 1 fully saturated rings. The first-order valence-electron chi connectivity index (χ1n) is 13.2. The molecule has 2 N–H and O–H groups in total. The smallest absolute Gasteiger partial charge is 0.264 e. The van der Waals surface area contributed by atoms with E-state index < -0.39 is 15.9 Å². The summed E-state index contributed by atoms with van der Waals surface area (Å²) in [5, 5.41) is 9.63. The number of pyridine rings is 1. The van der Waals surface area contributed by atoms with Crippen molar-refractivity contribution in [2.45, 2.75) is 12.3 Å². The number of carbonyl (C=O) groups is 1. The van der Waals surface area contributed by atoms with E-state index in [9.17, 15) is 18.3 Å². The number of nitrogens with one attached hydrogen (secondary N) is 1. The van der Waals surface area contributed by atoms with E-state index in [2.05, 4.69) is 37.4 Å². The maximum absolute atomic E-state index is 12.6. The van der Waals surface area contributed by atoms with Crippen LogP contribution in [-0.4, -0.2) is 55.5 Å². The molecule has 1 amide bonds.